The number of ether oxygens (including phenoxy) is 3. The van der Waals surface area contributed by atoms with Crippen LogP contribution in [0.25, 0.3) is 21.9 Å². The van der Waals surface area contributed by atoms with Gasteiger partial charge in [0.15, 0.2) is 11.6 Å². The van der Waals surface area contributed by atoms with E-state index in [-0.39, 0.29) is 30.5 Å². The number of aromatic amines is 1. The summed E-state index contributed by atoms with van der Waals surface area (Å²) in [5.74, 6) is -2.50. The van der Waals surface area contributed by atoms with E-state index in [1.165, 1.54) is 6.07 Å². The maximum Gasteiger partial charge on any atom is 0.355 e. The third kappa shape index (κ3) is 6.26. The number of benzene rings is 2. The molecular weight excluding hydrogens is 536 g/mol. The van der Waals surface area contributed by atoms with Gasteiger partial charge in [-0.25, -0.2) is 13.6 Å². The van der Waals surface area contributed by atoms with E-state index in [4.69, 9.17) is 19.9 Å². The second-order valence-electron chi connectivity index (χ2n) is 10.7. The van der Waals surface area contributed by atoms with Crippen LogP contribution in [0.2, 0.25) is 25.7 Å². The summed E-state index contributed by atoms with van der Waals surface area (Å²) in [7, 11) is -1.30. The fraction of sp³-hybridized carbons (Fsp3) is 0.310. The number of nitrogens with two attached hydrogens (primary N) is 1. The lowest BCUT2D eigenvalue weighted by Gasteiger charge is -2.16. The SMILES string of the molecule is CCOC(=O)c1[nH]c(=O)c2c(C)n(COCC[Si](C)(C)C)cc2c1-c1cc(N)ccc1Oc1ccc(F)cc1F. The summed E-state index contributed by atoms with van der Waals surface area (Å²) in [5.41, 5.74) is 7.12. The number of pyridine rings is 1. The summed E-state index contributed by atoms with van der Waals surface area (Å²) in [6.45, 7) is 11.1. The predicted molar refractivity (Wildman–Crippen MR) is 154 cm³/mol. The Morgan fingerprint density at radius 3 is 2.50 bits per heavy atom. The van der Waals surface area contributed by atoms with Gasteiger partial charge >= 0.3 is 5.97 Å². The zero-order valence-corrected chi connectivity index (χ0v) is 24.2. The average molecular weight is 570 g/mol. The zero-order valence-electron chi connectivity index (χ0n) is 23.2. The molecule has 2 aromatic heterocycles. The lowest BCUT2D eigenvalue weighted by molar-refractivity contribution is 0.0520. The van der Waals surface area contributed by atoms with Crippen molar-refractivity contribution in [1.82, 2.24) is 9.55 Å². The average Bonchev–Trinajstić information content (AvgIpc) is 3.20. The second kappa shape index (κ2) is 11.6. The van der Waals surface area contributed by atoms with E-state index in [1.807, 2.05) is 0 Å². The first-order chi connectivity index (χ1) is 18.9. The number of halogens is 2. The van der Waals surface area contributed by atoms with Gasteiger partial charge < -0.3 is 29.5 Å². The fourth-order valence-electron chi connectivity index (χ4n) is 4.32. The van der Waals surface area contributed by atoms with Crippen molar-refractivity contribution in [3.63, 3.8) is 0 Å². The van der Waals surface area contributed by atoms with Gasteiger partial charge in [0.1, 0.15) is 24.0 Å². The van der Waals surface area contributed by atoms with Gasteiger partial charge in [-0.3, -0.25) is 4.79 Å². The van der Waals surface area contributed by atoms with Gasteiger partial charge in [0.05, 0.1) is 12.0 Å². The minimum Gasteiger partial charge on any atom is -0.461 e. The number of hydrogen-bond donors (Lipinski definition) is 2. The van der Waals surface area contributed by atoms with Gasteiger partial charge in [-0.05, 0) is 50.2 Å². The minimum atomic E-state index is -1.30. The number of hydrogen-bond acceptors (Lipinski definition) is 6. The Morgan fingerprint density at radius 2 is 1.82 bits per heavy atom. The summed E-state index contributed by atoms with van der Waals surface area (Å²) >= 11 is 0. The summed E-state index contributed by atoms with van der Waals surface area (Å²) < 4.78 is 46.9. The maximum atomic E-state index is 14.5. The van der Waals surface area contributed by atoms with Crippen molar-refractivity contribution < 1.29 is 27.8 Å². The minimum absolute atomic E-state index is 0.0738. The van der Waals surface area contributed by atoms with Crippen molar-refractivity contribution in [3.05, 3.63) is 76.0 Å². The number of esters is 1. The van der Waals surface area contributed by atoms with Crippen LogP contribution in [0.15, 0.2) is 47.4 Å². The van der Waals surface area contributed by atoms with E-state index in [2.05, 4.69) is 24.6 Å². The van der Waals surface area contributed by atoms with E-state index >= 15 is 0 Å². The zero-order chi connectivity index (χ0) is 29.2. The first-order valence-corrected chi connectivity index (χ1v) is 16.6. The van der Waals surface area contributed by atoms with Crippen LogP contribution in [0.5, 0.6) is 11.5 Å². The van der Waals surface area contributed by atoms with Crippen molar-refractivity contribution >= 4 is 30.5 Å². The van der Waals surface area contributed by atoms with Gasteiger partial charge in [0.2, 0.25) is 0 Å². The Morgan fingerprint density at radius 1 is 1.10 bits per heavy atom. The Balaban J connectivity index is 1.91. The number of anilines is 1. The highest BCUT2D eigenvalue weighted by Gasteiger charge is 2.26. The molecule has 0 saturated heterocycles. The molecule has 11 heteroatoms. The van der Waals surface area contributed by atoms with Crippen LogP contribution in [-0.2, 0) is 16.2 Å². The molecule has 40 heavy (non-hydrogen) atoms. The Hall–Kier alpha value is -3.96. The molecule has 0 spiro atoms. The van der Waals surface area contributed by atoms with Crippen LogP contribution < -0.4 is 16.0 Å². The van der Waals surface area contributed by atoms with Gasteiger partial charge in [-0.2, -0.15) is 0 Å². The first-order valence-electron chi connectivity index (χ1n) is 12.9. The summed E-state index contributed by atoms with van der Waals surface area (Å²) in [4.78, 5) is 29.0. The molecule has 0 bridgehead atoms. The van der Waals surface area contributed by atoms with Gasteiger partial charge in [0.25, 0.3) is 5.56 Å². The number of fused-ring (bicyclic) bond motifs is 1. The third-order valence-electron chi connectivity index (χ3n) is 6.42. The molecule has 3 N–H and O–H groups in total. The molecule has 4 rings (SSSR count). The molecule has 8 nitrogen and oxygen atoms in total. The van der Waals surface area contributed by atoms with E-state index < -0.39 is 31.2 Å². The van der Waals surface area contributed by atoms with Crippen molar-refractivity contribution in [1.29, 1.82) is 0 Å². The Bertz CT molecular complexity index is 1620. The number of nitrogens with zero attached hydrogens (tertiary/aromatic N) is 1. The van der Waals surface area contributed by atoms with E-state index in [0.29, 0.717) is 46.0 Å². The maximum absolute atomic E-state index is 14.5. The normalized spacial score (nSPS) is 11.7. The van der Waals surface area contributed by atoms with Crippen LogP contribution in [0.1, 0.15) is 23.1 Å². The van der Waals surface area contributed by atoms with Crippen LogP contribution in [0, 0.1) is 18.6 Å². The van der Waals surface area contributed by atoms with Crippen molar-refractivity contribution in [2.75, 3.05) is 18.9 Å². The van der Waals surface area contributed by atoms with Gasteiger partial charge in [-0.15, -0.1) is 0 Å². The molecule has 2 aromatic carbocycles. The molecule has 0 radical (unpaired) electrons. The molecule has 0 atom stereocenters. The number of nitrogen functional groups attached to an aromatic ring is 1. The fourth-order valence-corrected chi connectivity index (χ4v) is 5.08. The number of carbonyl (C=O) groups is 1. The quantitative estimate of drug-likeness (QED) is 0.0984. The van der Waals surface area contributed by atoms with Crippen molar-refractivity contribution in [2.45, 2.75) is 46.3 Å². The molecule has 0 aliphatic heterocycles. The highest BCUT2D eigenvalue weighted by molar-refractivity contribution is 6.76. The largest absolute Gasteiger partial charge is 0.461 e. The monoisotopic (exact) mass is 569 g/mol. The third-order valence-corrected chi connectivity index (χ3v) is 8.13. The lowest BCUT2D eigenvalue weighted by atomic mass is 9.97. The van der Waals surface area contributed by atoms with Crippen LogP contribution in [-0.4, -0.2) is 36.8 Å². The lowest BCUT2D eigenvalue weighted by Crippen LogP contribution is -2.22. The second-order valence-corrected chi connectivity index (χ2v) is 16.3. The topological polar surface area (TPSA) is 109 Å². The van der Waals surface area contributed by atoms with Crippen LogP contribution in [0.4, 0.5) is 14.5 Å². The number of H-pyrrole nitrogens is 1. The number of rotatable bonds is 10. The molecule has 0 saturated carbocycles. The molecule has 0 aliphatic carbocycles. The molecule has 4 aromatic rings. The predicted octanol–water partition coefficient (Wildman–Crippen LogP) is 6.45. The summed E-state index contributed by atoms with van der Waals surface area (Å²) in [6, 6.07) is 8.55. The molecular formula is C29H33F2N3O5Si. The number of carbonyl (C=O) groups excluding carboxylic acids is 1. The highest BCUT2D eigenvalue weighted by atomic mass is 28.3. The number of aryl methyl sites for hydroxylation is 1. The molecule has 0 unspecified atom stereocenters. The molecule has 0 amide bonds. The Kier molecular flexibility index (Phi) is 8.45. The van der Waals surface area contributed by atoms with Crippen molar-refractivity contribution in [2.24, 2.45) is 0 Å². The Labute approximate surface area is 231 Å². The summed E-state index contributed by atoms with van der Waals surface area (Å²) in [5, 5.41) is 0.784. The molecule has 0 fully saturated rings. The molecule has 212 valence electrons. The summed E-state index contributed by atoms with van der Waals surface area (Å²) in [6.07, 6.45) is 1.73. The standard InChI is InChI=1S/C29H33F2N3O5Si/c1-6-38-29(36)27-26(20-14-19(32)8-10-23(20)39-24-9-7-18(30)13-22(24)31)21-15-34(16-37-11-12-40(3,4)5)17(2)25(21)28(35)33-27/h7-10,13-15H,6,11-12,16,32H2,1-5H3,(H,33,35). The highest BCUT2D eigenvalue weighted by Crippen LogP contribution is 2.41. The number of nitrogens with one attached hydrogen (secondary N) is 1. The van der Waals surface area contributed by atoms with Gasteiger partial charge in [0, 0.05) is 54.8 Å². The van der Waals surface area contributed by atoms with E-state index in [0.717, 1.165) is 18.2 Å². The van der Waals surface area contributed by atoms with Crippen LogP contribution >= 0.6 is 0 Å². The van der Waals surface area contributed by atoms with Crippen LogP contribution in [0.3, 0.4) is 0 Å². The first kappa shape index (κ1) is 29.0. The number of aromatic nitrogens is 2. The van der Waals surface area contributed by atoms with Gasteiger partial charge in [-0.1, -0.05) is 19.6 Å². The van der Waals surface area contributed by atoms with E-state index in [1.54, 1.807) is 36.7 Å². The molecule has 2 heterocycles. The molecule has 0 aliphatic rings. The smallest absolute Gasteiger partial charge is 0.355 e. The van der Waals surface area contributed by atoms with E-state index in [9.17, 15) is 18.4 Å². The van der Waals surface area contributed by atoms with Crippen molar-refractivity contribution in [3.8, 4) is 22.6 Å².